The van der Waals surface area contributed by atoms with Crippen molar-refractivity contribution >= 4 is 269 Å². The molecule has 0 atom stereocenters. The fourth-order valence-electron chi connectivity index (χ4n) is 12.8. The van der Waals surface area contributed by atoms with E-state index in [-0.39, 0.29) is 123 Å². The molecule has 3 aliphatic carbocycles. The molecule has 16 rings (SSSR count). The van der Waals surface area contributed by atoms with Crippen LogP contribution < -0.4 is 26.3 Å². The largest absolute Gasteiger partial charge is 0.508 e. The average molecular weight is 2410 g/mol. The number of aryl methyl sites for hydroxylation is 2. The fourth-order valence-corrected chi connectivity index (χ4v) is 19.8. The summed E-state index contributed by atoms with van der Waals surface area (Å²) in [7, 11) is 3.47. The summed E-state index contributed by atoms with van der Waals surface area (Å²) >= 11 is 46.3. The Hall–Kier alpha value is -8.98. The third kappa shape index (κ3) is 19.1. The van der Waals surface area contributed by atoms with Crippen molar-refractivity contribution in [1.82, 2.24) is 0 Å². The van der Waals surface area contributed by atoms with Crippen molar-refractivity contribution in [3.05, 3.63) is 339 Å². The second kappa shape index (κ2) is 38.8. The molecule has 0 aromatic heterocycles. The average Bonchev–Trinajstić information content (AvgIpc) is 1.20. The molecular formula is C90H53Br4Cl4I4NO18. The van der Waals surface area contributed by atoms with Gasteiger partial charge in [0.1, 0.15) is 46.9 Å². The molecule has 0 amide bonds. The molecule has 6 aliphatic rings. The lowest BCUT2D eigenvalue weighted by atomic mass is 9.90. The van der Waals surface area contributed by atoms with Gasteiger partial charge < -0.3 is 53.9 Å². The van der Waals surface area contributed by atoms with Crippen LogP contribution >= 0.6 is 200 Å². The van der Waals surface area contributed by atoms with Gasteiger partial charge in [-0.2, -0.15) is 0 Å². The molecule has 19 nitrogen and oxygen atoms in total. The number of hydrogen-bond donors (Lipinski definition) is 7. The van der Waals surface area contributed by atoms with Crippen LogP contribution in [0, 0.1) is 28.1 Å². The van der Waals surface area contributed by atoms with Crippen molar-refractivity contribution in [2.45, 2.75) is 13.8 Å². The van der Waals surface area contributed by atoms with Crippen molar-refractivity contribution in [3.63, 3.8) is 0 Å². The molecule has 0 saturated heterocycles. The van der Waals surface area contributed by atoms with Gasteiger partial charge in [-0.1, -0.05) is 142 Å². The van der Waals surface area contributed by atoms with Crippen LogP contribution in [0.1, 0.15) is 74.0 Å². The molecule has 0 radical (unpaired) electrons. The van der Waals surface area contributed by atoms with Crippen molar-refractivity contribution in [3.8, 4) is 90.3 Å². The van der Waals surface area contributed by atoms with Gasteiger partial charge in [0, 0.05) is 102 Å². The van der Waals surface area contributed by atoms with Crippen molar-refractivity contribution < 1.29 is 72.6 Å². The number of anilines is 1. The minimum atomic E-state index is -1.37. The van der Waals surface area contributed by atoms with Gasteiger partial charge in [0.05, 0.1) is 63.5 Å². The number of phenolic OH excluding ortho intramolecular Hbond substituents is 3. The number of fused-ring (bicyclic) bond motifs is 6. The number of ketones is 2. The SMILES string of the molecule is CNc1ccc(C(=O)c2ccc(C)cc2)cc1.COc1ccc(C(=O)c2ccc(C)cc2)cc1.O=C(O)c1c(Cl)c(Cl)c(Cl)c(Cl)c1-c1c2cc(I)c(=O)c(I)c-2oc2c(I)c(O)c(I)cc12.O=C(O)c1ccccc1-c1c2cc(Br)c(=O)c(Br)c-2oc2c(Br)c(O)c(Br)cc12.O=C(O)c1ccccc1-c1c2ccc(=O)cc-2oc2cc(O)ccc12. The highest BCUT2D eigenvalue weighted by molar-refractivity contribution is 14.1. The quantitative estimate of drug-likeness (QED) is 0.0196. The summed E-state index contributed by atoms with van der Waals surface area (Å²) in [4.78, 5) is 96.9. The Bertz CT molecular complexity index is 6890. The van der Waals surface area contributed by atoms with Crippen LogP contribution in [0.2, 0.25) is 20.1 Å². The van der Waals surface area contributed by atoms with E-state index in [9.17, 15) is 69.0 Å². The number of ether oxygens (including phenoxy) is 1. The van der Waals surface area contributed by atoms with Crippen LogP contribution in [0.25, 0.3) is 100 Å². The zero-order valence-electron chi connectivity index (χ0n) is 62.2. The van der Waals surface area contributed by atoms with Gasteiger partial charge >= 0.3 is 17.9 Å². The van der Waals surface area contributed by atoms with Crippen molar-refractivity contribution in [1.29, 1.82) is 0 Å². The number of aromatic hydroxyl groups is 3. The molecule has 0 unspecified atom stereocenters. The smallest absolute Gasteiger partial charge is 0.337 e. The Morgan fingerprint density at radius 3 is 1.47 bits per heavy atom. The third-order valence-electron chi connectivity index (χ3n) is 18.7. The van der Waals surface area contributed by atoms with Gasteiger partial charge in [0.2, 0.25) is 10.9 Å². The Morgan fingerprint density at radius 1 is 0.430 bits per heavy atom. The number of hydrogen-bond acceptors (Lipinski definition) is 16. The standard InChI is InChI=1S/C20H8Br4O5.C20H4Cl4I4O5.C20H12O5.C15H15NO.C15H14O2/c21-11-5-9-13(7-3-1-2-4-8(7)20(27)28)10-6-12(22)17(26)15(24)19(10)29-18(9)14(23)16(11)25;21-10-8(9(20(31)32)11(22)13(24)12(10)23)7-3-1-5(25)16(29)14(27)18(3)33-19-4(7)2-6(26)17(30)15(19)28;21-11-5-7-15-17(9-11)25-18-10-12(22)6-8-16(18)19(15)13-3-1-2-4-14(13)20(23)24;1-11-3-5-12(6-4-11)15(17)13-7-9-14(16-2)10-8-13;1-11-3-5-12(6-4-11)15(16)13-7-9-14(17-2)10-8-13/h1-6,25H,(H,27,28);1-2,29H,(H,31,32);1-10,21H,(H,23,24);3-10,16H,1-2H3;3-10H,1-2H3. The molecule has 0 saturated carbocycles. The number of benzene rings is 13. The second-order valence-electron chi connectivity index (χ2n) is 26.3. The van der Waals surface area contributed by atoms with Crippen LogP contribution in [0.15, 0.2) is 252 Å². The lowest BCUT2D eigenvalue weighted by Gasteiger charge is -2.21. The molecule has 31 heteroatoms. The molecule has 0 bridgehead atoms. The monoisotopic (exact) mass is 2400 g/mol. The molecule has 0 spiro atoms. The van der Waals surface area contributed by atoms with E-state index in [4.69, 9.17) is 64.4 Å². The molecule has 121 heavy (non-hydrogen) atoms. The number of carboxylic acids is 3. The number of methoxy groups -OCH3 is 1. The number of carbonyl (C=O) groups is 5. The number of rotatable bonds is 12. The summed E-state index contributed by atoms with van der Waals surface area (Å²) in [6, 6.07) is 58.6. The summed E-state index contributed by atoms with van der Waals surface area (Å²) in [5, 5.41) is 63.9. The zero-order valence-corrected chi connectivity index (χ0v) is 80.2. The van der Waals surface area contributed by atoms with E-state index in [0.717, 1.165) is 28.1 Å². The minimum Gasteiger partial charge on any atom is -0.508 e. The first-order chi connectivity index (χ1) is 57.5. The first-order valence-corrected chi connectivity index (χ1v) is 44.1. The first kappa shape index (κ1) is 91.2. The Labute approximate surface area is 794 Å². The molecule has 10 aromatic carbocycles. The molecule has 610 valence electrons. The predicted octanol–water partition coefficient (Wildman–Crippen LogP) is 26.5. The molecule has 7 N–H and O–H groups in total. The first-order valence-electron chi connectivity index (χ1n) is 35.1. The number of carboxylic acid groups (broad SMARTS) is 3. The normalized spacial score (nSPS) is 10.9. The van der Waals surface area contributed by atoms with E-state index in [1.165, 1.54) is 36.4 Å². The number of phenols is 3. The summed E-state index contributed by atoms with van der Waals surface area (Å²) in [6.07, 6.45) is 0. The van der Waals surface area contributed by atoms with E-state index in [1.807, 2.05) is 184 Å². The molecule has 3 aliphatic heterocycles. The highest BCUT2D eigenvalue weighted by atomic mass is 127. The molecule has 3 heterocycles. The highest BCUT2D eigenvalue weighted by Gasteiger charge is 2.34. The summed E-state index contributed by atoms with van der Waals surface area (Å²) < 4.78 is 25.6. The van der Waals surface area contributed by atoms with E-state index >= 15 is 0 Å². The van der Waals surface area contributed by atoms with Crippen LogP contribution in [0.5, 0.6) is 23.0 Å². The summed E-state index contributed by atoms with van der Waals surface area (Å²) in [5.41, 5.74) is 10.3. The lowest BCUT2D eigenvalue weighted by Crippen LogP contribution is -2.13. The lowest BCUT2D eigenvalue weighted by molar-refractivity contribution is 0.0687. The van der Waals surface area contributed by atoms with E-state index in [0.29, 0.717) is 108 Å². The number of halogens is 12. The topological polar surface area (TPSA) is 319 Å². The number of nitrogens with one attached hydrogen (secondary N) is 1. The van der Waals surface area contributed by atoms with Gasteiger partial charge in [0.25, 0.3) is 0 Å². The van der Waals surface area contributed by atoms with E-state index < -0.39 is 17.9 Å². The summed E-state index contributed by atoms with van der Waals surface area (Å²) in [6.45, 7) is 4.01. The van der Waals surface area contributed by atoms with Gasteiger partial charge in [-0.05, 0) is 288 Å². The Kier molecular flexibility index (Phi) is 29.3. The van der Waals surface area contributed by atoms with Gasteiger partial charge in [-0.25, -0.2) is 14.4 Å². The third-order valence-corrected chi connectivity index (χ3v) is 26.8. The number of aromatic carboxylic acids is 3. The predicted molar refractivity (Wildman–Crippen MR) is 519 cm³/mol. The molecular weight excluding hydrogens is 2350 g/mol. The van der Waals surface area contributed by atoms with Gasteiger partial charge in [-0.15, -0.1) is 0 Å². The zero-order chi connectivity index (χ0) is 87.6. The second-order valence-corrected chi connectivity index (χ2v) is 35.6. The maximum absolute atomic E-state index is 12.7. The van der Waals surface area contributed by atoms with Crippen molar-refractivity contribution in [2.75, 3.05) is 19.5 Å². The summed E-state index contributed by atoms with van der Waals surface area (Å²) in [5.74, 6) is -1.94. The maximum Gasteiger partial charge on any atom is 0.337 e. The van der Waals surface area contributed by atoms with Crippen LogP contribution in [0.4, 0.5) is 5.69 Å². The maximum atomic E-state index is 12.7. The Balaban J connectivity index is 0.000000142. The molecule has 10 aromatic rings. The Morgan fingerprint density at radius 2 is 0.934 bits per heavy atom. The number of carbonyl (C=O) groups excluding carboxylic acids is 2. The van der Waals surface area contributed by atoms with Crippen LogP contribution in [0.3, 0.4) is 0 Å². The molecule has 0 fully saturated rings. The fraction of sp³-hybridized carbons (Fsp3) is 0.0444. The van der Waals surface area contributed by atoms with E-state index in [1.54, 1.807) is 104 Å². The minimum absolute atomic E-state index is 0.0163. The van der Waals surface area contributed by atoms with Crippen LogP contribution in [-0.2, 0) is 0 Å². The van der Waals surface area contributed by atoms with Gasteiger partial charge in [-0.3, -0.25) is 24.0 Å². The highest BCUT2D eigenvalue weighted by Crippen LogP contribution is 2.54. The van der Waals surface area contributed by atoms with Crippen molar-refractivity contribution in [2.24, 2.45) is 0 Å². The van der Waals surface area contributed by atoms with Crippen LogP contribution in [-0.4, -0.2) is 74.3 Å². The van der Waals surface area contributed by atoms with Gasteiger partial charge in [0.15, 0.2) is 39.7 Å². The van der Waals surface area contributed by atoms with E-state index in [2.05, 4.69) is 69.0 Å².